The Hall–Kier alpha value is -1.43. The molecule has 2 aromatic rings. The van der Waals surface area contributed by atoms with Crippen LogP contribution in [0.4, 0.5) is 0 Å². The van der Waals surface area contributed by atoms with Crippen molar-refractivity contribution in [3.05, 3.63) is 40.4 Å². The first-order chi connectivity index (χ1) is 11.2. The molecule has 1 saturated heterocycles. The average molecular weight is 352 g/mol. The van der Waals surface area contributed by atoms with E-state index in [-0.39, 0.29) is 11.9 Å². The smallest absolute Gasteiger partial charge is 0.309 e. The number of nitrogens with zero attached hydrogens (tertiary/aromatic N) is 1. The van der Waals surface area contributed by atoms with Gasteiger partial charge in [-0.2, -0.15) is 0 Å². The van der Waals surface area contributed by atoms with E-state index < -0.39 is 0 Å². The quantitative estimate of drug-likeness (QED) is 0.860. The zero-order chi connectivity index (χ0) is 16.2. The molecule has 0 spiro atoms. The van der Waals surface area contributed by atoms with Crippen LogP contribution in [-0.4, -0.2) is 31.2 Å². The van der Waals surface area contributed by atoms with Crippen LogP contribution < -0.4 is 4.90 Å². The number of carbonyl (C=O) groups is 1. The molecular weight excluding hydrogens is 332 g/mol. The highest BCUT2D eigenvalue weighted by Crippen LogP contribution is 2.29. The van der Waals surface area contributed by atoms with Gasteiger partial charge in [-0.3, -0.25) is 4.79 Å². The lowest BCUT2D eigenvalue weighted by molar-refractivity contribution is -0.919. The third-order valence-corrected chi connectivity index (χ3v) is 5.57. The van der Waals surface area contributed by atoms with E-state index in [2.05, 4.69) is 5.38 Å². The van der Waals surface area contributed by atoms with Gasteiger partial charge < -0.3 is 9.64 Å². The fourth-order valence-electron chi connectivity index (χ4n) is 3.01. The second-order valence-corrected chi connectivity index (χ2v) is 7.11. The highest BCUT2D eigenvalue weighted by molar-refractivity contribution is 7.13. The topological polar surface area (TPSA) is 43.6 Å². The molecule has 3 rings (SSSR count). The molecule has 122 valence electrons. The van der Waals surface area contributed by atoms with E-state index in [0.717, 1.165) is 53.8 Å². The molecular formula is C17H20ClN2O2S+. The summed E-state index contributed by atoms with van der Waals surface area (Å²) in [6.45, 7) is 2.87. The Balaban J connectivity index is 1.60. The van der Waals surface area contributed by atoms with Crippen molar-refractivity contribution in [1.29, 1.82) is 0 Å². The maximum absolute atomic E-state index is 11.6. The molecule has 1 fully saturated rings. The van der Waals surface area contributed by atoms with Gasteiger partial charge in [-0.25, -0.2) is 4.98 Å². The summed E-state index contributed by atoms with van der Waals surface area (Å²) in [6, 6.07) is 7.79. The Labute approximate surface area is 145 Å². The molecule has 1 aliphatic rings. The molecule has 0 saturated carbocycles. The standard InChI is InChI=1S/C17H19ClN2O2S/c1-22-17(21)12-6-8-20(9-7-12)10-13-11-23-16(19-13)14-4-2-3-5-15(14)18/h2-5,11-12H,6-10H2,1H3/p+1. The maximum Gasteiger partial charge on any atom is 0.309 e. The SMILES string of the molecule is COC(=O)C1CC[NH+](Cc2csc(-c3ccccc3Cl)n2)CC1. The molecule has 1 aromatic heterocycles. The number of rotatable bonds is 4. The summed E-state index contributed by atoms with van der Waals surface area (Å²) < 4.78 is 4.84. The third kappa shape index (κ3) is 3.91. The lowest BCUT2D eigenvalue weighted by atomic mass is 9.97. The number of esters is 1. The minimum absolute atomic E-state index is 0.0675. The lowest BCUT2D eigenvalue weighted by Crippen LogP contribution is -3.11. The zero-order valence-electron chi connectivity index (χ0n) is 13.0. The number of methoxy groups -OCH3 is 1. The third-order valence-electron chi connectivity index (χ3n) is 4.31. The highest BCUT2D eigenvalue weighted by Gasteiger charge is 2.28. The van der Waals surface area contributed by atoms with Gasteiger partial charge in [-0.1, -0.05) is 29.8 Å². The first-order valence-electron chi connectivity index (χ1n) is 7.78. The summed E-state index contributed by atoms with van der Waals surface area (Å²) in [4.78, 5) is 17.8. The molecule has 1 N–H and O–H groups in total. The van der Waals surface area contributed by atoms with Crippen molar-refractivity contribution in [2.24, 2.45) is 5.92 Å². The van der Waals surface area contributed by atoms with Crippen LogP contribution in [0.2, 0.25) is 5.02 Å². The number of halogens is 1. The largest absolute Gasteiger partial charge is 0.469 e. The fraction of sp³-hybridized carbons (Fsp3) is 0.412. The molecule has 0 aliphatic carbocycles. The number of aromatic nitrogens is 1. The number of likely N-dealkylation sites (tertiary alicyclic amines) is 1. The Morgan fingerprint density at radius 2 is 2.13 bits per heavy atom. The summed E-state index contributed by atoms with van der Waals surface area (Å²) in [5.41, 5.74) is 2.08. The minimum atomic E-state index is -0.0706. The molecule has 1 aliphatic heterocycles. The molecule has 0 unspecified atom stereocenters. The number of benzene rings is 1. The van der Waals surface area contributed by atoms with Crippen LogP contribution in [0.5, 0.6) is 0 Å². The van der Waals surface area contributed by atoms with E-state index in [1.807, 2.05) is 24.3 Å². The molecule has 0 radical (unpaired) electrons. The van der Waals surface area contributed by atoms with Gasteiger partial charge in [0.1, 0.15) is 17.2 Å². The van der Waals surface area contributed by atoms with Crippen molar-refractivity contribution < 1.29 is 14.4 Å². The number of hydrogen-bond acceptors (Lipinski definition) is 4. The summed E-state index contributed by atoms with van der Waals surface area (Å²) in [5.74, 6) is -0.00316. The molecule has 6 heteroatoms. The van der Waals surface area contributed by atoms with Crippen molar-refractivity contribution in [1.82, 2.24) is 4.98 Å². The van der Waals surface area contributed by atoms with Gasteiger partial charge in [-0.05, 0) is 6.07 Å². The van der Waals surface area contributed by atoms with Crippen LogP contribution in [0, 0.1) is 5.92 Å². The van der Waals surface area contributed by atoms with Crippen LogP contribution in [0.1, 0.15) is 18.5 Å². The van der Waals surface area contributed by atoms with E-state index in [1.54, 1.807) is 11.3 Å². The van der Waals surface area contributed by atoms with E-state index in [0.29, 0.717) is 0 Å². The van der Waals surface area contributed by atoms with Gasteiger partial charge in [0.25, 0.3) is 0 Å². The number of quaternary nitrogens is 1. The predicted octanol–water partition coefficient (Wildman–Crippen LogP) is 2.43. The van der Waals surface area contributed by atoms with Gasteiger partial charge in [0.05, 0.1) is 31.1 Å². The molecule has 23 heavy (non-hydrogen) atoms. The van der Waals surface area contributed by atoms with Crippen molar-refractivity contribution in [2.45, 2.75) is 19.4 Å². The first kappa shape index (κ1) is 16.4. The first-order valence-corrected chi connectivity index (χ1v) is 9.04. The number of nitrogens with one attached hydrogen (secondary N) is 1. The summed E-state index contributed by atoms with van der Waals surface area (Å²) in [7, 11) is 1.47. The number of thiazole rings is 1. The average Bonchev–Trinajstić information content (AvgIpc) is 3.03. The molecule has 0 bridgehead atoms. The Morgan fingerprint density at radius 3 is 2.83 bits per heavy atom. The van der Waals surface area contributed by atoms with E-state index in [4.69, 9.17) is 21.3 Å². The summed E-state index contributed by atoms with van der Waals surface area (Å²) in [5, 5.41) is 3.81. The monoisotopic (exact) mass is 351 g/mol. The van der Waals surface area contributed by atoms with Gasteiger partial charge in [-0.15, -0.1) is 11.3 Å². The highest BCUT2D eigenvalue weighted by atomic mass is 35.5. The molecule has 1 aromatic carbocycles. The van der Waals surface area contributed by atoms with Gasteiger partial charge in [0.15, 0.2) is 0 Å². The zero-order valence-corrected chi connectivity index (χ0v) is 14.6. The number of hydrogen-bond donors (Lipinski definition) is 1. The minimum Gasteiger partial charge on any atom is -0.469 e. The van der Waals surface area contributed by atoms with Gasteiger partial charge in [0.2, 0.25) is 0 Å². The van der Waals surface area contributed by atoms with Crippen molar-refractivity contribution >= 4 is 28.9 Å². The maximum atomic E-state index is 11.6. The predicted molar refractivity (Wildman–Crippen MR) is 91.7 cm³/mol. The number of piperidine rings is 1. The van der Waals surface area contributed by atoms with Gasteiger partial charge >= 0.3 is 5.97 Å². The van der Waals surface area contributed by atoms with Crippen molar-refractivity contribution in [3.63, 3.8) is 0 Å². The molecule has 0 amide bonds. The summed E-state index contributed by atoms with van der Waals surface area (Å²) >= 11 is 7.87. The van der Waals surface area contributed by atoms with Crippen molar-refractivity contribution in [2.75, 3.05) is 20.2 Å². The lowest BCUT2D eigenvalue weighted by Gasteiger charge is -2.27. The molecule has 0 atom stereocenters. The van der Waals surface area contributed by atoms with E-state index in [9.17, 15) is 4.79 Å². The van der Waals surface area contributed by atoms with Crippen LogP contribution in [0.25, 0.3) is 10.6 Å². The van der Waals surface area contributed by atoms with Crippen LogP contribution in [0.15, 0.2) is 29.6 Å². The normalized spacial score (nSPS) is 21.1. The second-order valence-electron chi connectivity index (χ2n) is 5.85. The fourth-order valence-corrected chi connectivity index (χ4v) is 4.15. The van der Waals surface area contributed by atoms with E-state index in [1.165, 1.54) is 12.0 Å². The summed E-state index contributed by atoms with van der Waals surface area (Å²) in [6.07, 6.45) is 1.78. The number of ether oxygens (including phenoxy) is 1. The van der Waals surface area contributed by atoms with Crippen LogP contribution in [-0.2, 0) is 16.1 Å². The van der Waals surface area contributed by atoms with Crippen LogP contribution >= 0.6 is 22.9 Å². The Morgan fingerprint density at radius 1 is 1.39 bits per heavy atom. The second kappa shape index (κ2) is 7.43. The van der Waals surface area contributed by atoms with Gasteiger partial charge in [0, 0.05) is 23.8 Å². The van der Waals surface area contributed by atoms with Crippen molar-refractivity contribution in [3.8, 4) is 10.6 Å². The van der Waals surface area contributed by atoms with Crippen LogP contribution in [0.3, 0.4) is 0 Å². The molecule has 2 heterocycles. The van der Waals surface area contributed by atoms with E-state index >= 15 is 0 Å². The Kier molecular flexibility index (Phi) is 5.30. The number of carbonyl (C=O) groups excluding carboxylic acids is 1. The molecule has 4 nitrogen and oxygen atoms in total. The Bertz CT molecular complexity index is 681.